The third-order valence-corrected chi connectivity index (χ3v) is 10.3. The molecule has 1 fully saturated rings. The summed E-state index contributed by atoms with van der Waals surface area (Å²) in [6, 6.07) is 11.9. The lowest BCUT2D eigenvalue weighted by Crippen LogP contribution is -2.39. The number of morpholine rings is 1. The van der Waals surface area contributed by atoms with Gasteiger partial charge in [-0.2, -0.15) is 4.31 Å². The zero-order valence-corrected chi connectivity index (χ0v) is 25.7. The lowest BCUT2D eigenvalue weighted by Gasteiger charge is -2.27. The van der Waals surface area contributed by atoms with Crippen molar-refractivity contribution in [3.63, 3.8) is 0 Å². The molecule has 0 aliphatic carbocycles. The van der Waals surface area contributed by atoms with Gasteiger partial charge in [0.15, 0.2) is 5.13 Å². The molecule has 1 saturated heterocycles. The highest BCUT2D eigenvalue weighted by atomic mass is 35.5. The molecule has 4 rings (SSSR count). The van der Waals surface area contributed by atoms with E-state index in [0.717, 1.165) is 69.7 Å². The minimum Gasteiger partial charge on any atom is -0.379 e. The van der Waals surface area contributed by atoms with Crippen molar-refractivity contribution in [3.05, 3.63) is 53.1 Å². The molecule has 11 heteroatoms. The number of aromatic nitrogens is 1. The summed E-state index contributed by atoms with van der Waals surface area (Å²) in [4.78, 5) is 22.8. The fourth-order valence-electron chi connectivity index (χ4n) is 4.68. The SMILES string of the molecule is CCCCN(CCCC)S(=O)(=O)c1ccc(C(=O)N(CCCN2CCOCC2)c2nc3c(Cl)cccc3s2)cc1. The average Bonchev–Trinajstić information content (AvgIpc) is 3.41. The van der Waals surface area contributed by atoms with E-state index < -0.39 is 10.0 Å². The van der Waals surface area contributed by atoms with Crippen LogP contribution in [0, 0.1) is 0 Å². The number of para-hydroxylation sites is 1. The molecule has 0 unspecified atom stereocenters. The highest BCUT2D eigenvalue weighted by Crippen LogP contribution is 2.33. The molecular weight excluding hydrogens is 568 g/mol. The van der Waals surface area contributed by atoms with E-state index in [1.807, 2.05) is 12.1 Å². The van der Waals surface area contributed by atoms with E-state index in [0.29, 0.717) is 40.9 Å². The van der Waals surface area contributed by atoms with E-state index >= 15 is 0 Å². The Labute approximate surface area is 246 Å². The molecule has 2 aromatic carbocycles. The number of amides is 1. The number of benzene rings is 2. The third kappa shape index (κ3) is 7.60. The van der Waals surface area contributed by atoms with Gasteiger partial charge in [0.2, 0.25) is 10.0 Å². The van der Waals surface area contributed by atoms with Gasteiger partial charge in [-0.15, -0.1) is 0 Å². The third-order valence-electron chi connectivity index (χ3n) is 7.06. The molecule has 1 amide bonds. The summed E-state index contributed by atoms with van der Waals surface area (Å²) < 4.78 is 34.7. The zero-order chi connectivity index (χ0) is 28.5. The van der Waals surface area contributed by atoms with Gasteiger partial charge in [0.25, 0.3) is 5.91 Å². The van der Waals surface area contributed by atoms with E-state index in [1.54, 1.807) is 39.5 Å². The highest BCUT2D eigenvalue weighted by Gasteiger charge is 2.26. The second-order valence-electron chi connectivity index (χ2n) is 9.98. The first-order chi connectivity index (χ1) is 19.3. The van der Waals surface area contributed by atoms with Gasteiger partial charge in [-0.1, -0.05) is 55.7 Å². The fourth-order valence-corrected chi connectivity index (χ4v) is 7.48. The zero-order valence-electron chi connectivity index (χ0n) is 23.4. The Kier molecular flexibility index (Phi) is 11.3. The first-order valence-corrected chi connectivity index (χ1v) is 16.8. The van der Waals surface area contributed by atoms with Gasteiger partial charge in [0.1, 0.15) is 5.52 Å². The molecule has 0 atom stereocenters. The van der Waals surface area contributed by atoms with Crippen molar-refractivity contribution in [1.82, 2.24) is 14.2 Å². The van der Waals surface area contributed by atoms with Crippen LogP contribution in [0.3, 0.4) is 0 Å². The van der Waals surface area contributed by atoms with Gasteiger partial charge >= 0.3 is 0 Å². The van der Waals surface area contributed by atoms with E-state index in [9.17, 15) is 13.2 Å². The molecule has 2 heterocycles. The van der Waals surface area contributed by atoms with Crippen LogP contribution in [0.4, 0.5) is 5.13 Å². The molecule has 1 aliphatic heterocycles. The number of unbranched alkanes of at least 4 members (excludes halogenated alkanes) is 2. The van der Waals surface area contributed by atoms with Crippen molar-refractivity contribution in [3.8, 4) is 0 Å². The molecule has 0 N–H and O–H groups in total. The number of anilines is 1. The average molecular weight is 607 g/mol. The number of fused-ring (bicyclic) bond motifs is 1. The molecule has 40 heavy (non-hydrogen) atoms. The molecule has 8 nitrogen and oxygen atoms in total. The monoisotopic (exact) mass is 606 g/mol. The molecule has 0 saturated carbocycles. The summed E-state index contributed by atoms with van der Waals surface area (Å²) in [5.41, 5.74) is 1.10. The topological polar surface area (TPSA) is 83.1 Å². The summed E-state index contributed by atoms with van der Waals surface area (Å²) in [5.74, 6) is -0.213. The molecule has 3 aromatic rings. The highest BCUT2D eigenvalue weighted by molar-refractivity contribution is 7.89. The maximum atomic E-state index is 13.8. The number of rotatable bonds is 14. The van der Waals surface area contributed by atoms with Crippen molar-refractivity contribution in [2.24, 2.45) is 0 Å². The predicted octanol–water partition coefficient (Wildman–Crippen LogP) is 5.91. The number of halogens is 1. The maximum absolute atomic E-state index is 13.8. The first-order valence-electron chi connectivity index (χ1n) is 14.1. The Morgan fingerprint density at radius 2 is 1.68 bits per heavy atom. The van der Waals surface area contributed by atoms with Gasteiger partial charge in [0.05, 0.1) is 27.8 Å². The van der Waals surface area contributed by atoms with Crippen LogP contribution in [-0.4, -0.2) is 81.0 Å². The first kappa shape index (κ1) is 30.9. The van der Waals surface area contributed by atoms with Crippen LogP contribution in [0.15, 0.2) is 47.4 Å². The van der Waals surface area contributed by atoms with Crippen LogP contribution in [0.1, 0.15) is 56.3 Å². The number of thiazole rings is 1. The Morgan fingerprint density at radius 3 is 2.30 bits per heavy atom. The minimum atomic E-state index is -3.64. The second kappa shape index (κ2) is 14.7. The van der Waals surface area contributed by atoms with Crippen LogP contribution in [0.25, 0.3) is 10.2 Å². The smallest absolute Gasteiger partial charge is 0.260 e. The van der Waals surface area contributed by atoms with Crippen LogP contribution in [0.2, 0.25) is 5.02 Å². The van der Waals surface area contributed by atoms with E-state index in [2.05, 4.69) is 18.7 Å². The molecule has 0 spiro atoms. The molecule has 218 valence electrons. The molecule has 1 aliphatic rings. The number of sulfonamides is 1. The maximum Gasteiger partial charge on any atom is 0.260 e. The lowest BCUT2D eigenvalue weighted by atomic mass is 10.2. The van der Waals surface area contributed by atoms with Gasteiger partial charge in [-0.25, -0.2) is 13.4 Å². The Balaban J connectivity index is 1.56. The lowest BCUT2D eigenvalue weighted by molar-refractivity contribution is 0.0376. The number of carbonyl (C=O) groups excluding carboxylic acids is 1. The Hall–Kier alpha value is -2.08. The summed E-state index contributed by atoms with van der Waals surface area (Å²) in [7, 11) is -3.64. The fraction of sp³-hybridized carbons (Fsp3) is 0.517. The van der Waals surface area contributed by atoms with Crippen molar-refractivity contribution in [2.75, 3.05) is 57.4 Å². The number of hydrogen-bond acceptors (Lipinski definition) is 7. The van der Waals surface area contributed by atoms with Crippen LogP contribution < -0.4 is 4.90 Å². The normalized spacial score (nSPS) is 14.7. The molecule has 0 radical (unpaired) electrons. The number of carbonyl (C=O) groups is 1. The molecule has 1 aromatic heterocycles. The summed E-state index contributed by atoms with van der Waals surface area (Å²) in [6.45, 7) is 9.64. The summed E-state index contributed by atoms with van der Waals surface area (Å²) in [6.07, 6.45) is 4.23. The van der Waals surface area contributed by atoms with Crippen LogP contribution in [-0.2, 0) is 14.8 Å². The van der Waals surface area contributed by atoms with Crippen LogP contribution in [0.5, 0.6) is 0 Å². The minimum absolute atomic E-state index is 0.210. The number of ether oxygens (including phenoxy) is 1. The van der Waals surface area contributed by atoms with Crippen molar-refractivity contribution >= 4 is 54.2 Å². The Morgan fingerprint density at radius 1 is 1.00 bits per heavy atom. The van der Waals surface area contributed by atoms with E-state index in [1.165, 1.54) is 11.3 Å². The predicted molar refractivity (Wildman–Crippen MR) is 163 cm³/mol. The molecule has 0 bridgehead atoms. The standard InChI is InChI=1S/C29H39ClN4O4S2/c1-3-5-16-33(17-6-4-2)40(36,37)24-13-11-23(12-14-24)28(35)34(18-8-15-32-19-21-38-22-20-32)29-31-27-25(30)9-7-10-26(27)39-29/h7,9-14H,3-6,8,15-22H2,1-2H3. The van der Waals surface area contributed by atoms with Gasteiger partial charge in [-0.3, -0.25) is 14.6 Å². The number of nitrogens with zero attached hydrogens (tertiary/aromatic N) is 4. The second-order valence-corrected chi connectivity index (χ2v) is 13.3. The van der Waals surface area contributed by atoms with Crippen LogP contribution >= 0.6 is 22.9 Å². The largest absolute Gasteiger partial charge is 0.379 e. The van der Waals surface area contributed by atoms with E-state index in [4.69, 9.17) is 21.3 Å². The summed E-state index contributed by atoms with van der Waals surface area (Å²) >= 11 is 7.82. The quantitative estimate of drug-likeness (QED) is 0.227. The number of hydrogen-bond donors (Lipinski definition) is 0. The van der Waals surface area contributed by atoms with Crippen molar-refractivity contribution in [1.29, 1.82) is 0 Å². The van der Waals surface area contributed by atoms with Gasteiger partial charge in [0, 0.05) is 44.8 Å². The van der Waals surface area contributed by atoms with Gasteiger partial charge < -0.3 is 4.74 Å². The van der Waals surface area contributed by atoms with E-state index in [-0.39, 0.29) is 10.8 Å². The van der Waals surface area contributed by atoms with Crippen molar-refractivity contribution in [2.45, 2.75) is 50.8 Å². The summed E-state index contributed by atoms with van der Waals surface area (Å²) in [5, 5.41) is 1.13. The molecular formula is C29H39ClN4O4S2. The van der Waals surface area contributed by atoms with Gasteiger partial charge in [-0.05, 0) is 55.7 Å². The Bertz CT molecular complexity index is 1350. The van der Waals surface area contributed by atoms with Crippen molar-refractivity contribution < 1.29 is 17.9 Å².